The van der Waals surface area contributed by atoms with Crippen LogP contribution in [0.5, 0.6) is 0 Å². The highest BCUT2D eigenvalue weighted by Crippen LogP contribution is 2.40. The normalized spacial score (nSPS) is 16.0. The van der Waals surface area contributed by atoms with Crippen molar-refractivity contribution < 1.29 is 13.2 Å². The Hall–Kier alpha value is -3.00. The van der Waals surface area contributed by atoms with Crippen molar-refractivity contribution in [2.45, 2.75) is 45.8 Å². The van der Waals surface area contributed by atoms with Crippen LogP contribution in [0.2, 0.25) is 0 Å². The Morgan fingerprint density at radius 2 is 1.90 bits per heavy atom. The van der Waals surface area contributed by atoms with E-state index in [4.69, 9.17) is 0 Å². The molecular formula is C25H25F3N2. The van der Waals surface area contributed by atoms with Gasteiger partial charge in [0.2, 0.25) is 0 Å². The second-order valence-corrected chi connectivity index (χ2v) is 8.16. The fourth-order valence-corrected chi connectivity index (χ4v) is 4.03. The molecule has 0 unspecified atom stereocenters. The topological polar surface area (TPSA) is 27.0 Å². The minimum atomic E-state index is -4.44. The summed E-state index contributed by atoms with van der Waals surface area (Å²) in [5.74, 6) is 0. The van der Waals surface area contributed by atoms with Crippen molar-refractivity contribution in [2.24, 2.45) is 0 Å². The average Bonchev–Trinajstić information content (AvgIpc) is 2.68. The van der Waals surface area contributed by atoms with E-state index in [2.05, 4.69) is 38.7 Å². The first-order valence-corrected chi connectivity index (χ1v) is 9.98. The summed E-state index contributed by atoms with van der Waals surface area (Å²) >= 11 is 0. The zero-order valence-corrected chi connectivity index (χ0v) is 17.6. The van der Waals surface area contributed by atoms with Crippen LogP contribution in [-0.2, 0) is 6.18 Å². The van der Waals surface area contributed by atoms with Gasteiger partial charge in [-0.3, -0.25) is 0 Å². The van der Waals surface area contributed by atoms with Gasteiger partial charge in [0, 0.05) is 17.8 Å². The summed E-state index contributed by atoms with van der Waals surface area (Å²) in [6, 6.07) is 12.9. The summed E-state index contributed by atoms with van der Waals surface area (Å²) < 4.78 is 39.1. The van der Waals surface area contributed by atoms with Gasteiger partial charge >= 0.3 is 6.18 Å². The van der Waals surface area contributed by atoms with Crippen LogP contribution in [0, 0.1) is 11.3 Å². The van der Waals surface area contributed by atoms with Crippen molar-refractivity contribution in [3.05, 3.63) is 70.8 Å². The summed E-state index contributed by atoms with van der Waals surface area (Å²) in [4.78, 5) is 2.36. The van der Waals surface area contributed by atoms with E-state index in [0.717, 1.165) is 47.5 Å². The molecule has 0 amide bonds. The van der Waals surface area contributed by atoms with E-state index in [0.29, 0.717) is 0 Å². The van der Waals surface area contributed by atoms with Crippen molar-refractivity contribution >= 4 is 22.9 Å². The number of nitrogens with zero attached hydrogens (tertiary/aromatic N) is 2. The van der Waals surface area contributed by atoms with Gasteiger partial charge in [0.15, 0.2) is 0 Å². The van der Waals surface area contributed by atoms with Crippen LogP contribution in [0.15, 0.2) is 48.5 Å². The van der Waals surface area contributed by atoms with E-state index >= 15 is 0 Å². The van der Waals surface area contributed by atoms with E-state index < -0.39 is 11.7 Å². The fraction of sp³-hybridized carbons (Fsp3) is 0.320. The first-order chi connectivity index (χ1) is 14.1. The van der Waals surface area contributed by atoms with Crippen LogP contribution in [0.3, 0.4) is 0 Å². The summed E-state index contributed by atoms with van der Waals surface area (Å²) in [6.07, 6.45) is 0.453. The molecule has 0 fully saturated rings. The third-order valence-electron chi connectivity index (χ3n) is 5.38. The minimum absolute atomic E-state index is 0.0969. The lowest BCUT2D eigenvalue weighted by Crippen LogP contribution is -2.45. The van der Waals surface area contributed by atoms with Crippen LogP contribution in [-0.4, -0.2) is 12.1 Å². The first kappa shape index (κ1) is 21.7. The van der Waals surface area contributed by atoms with Crippen LogP contribution >= 0.6 is 0 Å². The van der Waals surface area contributed by atoms with E-state index in [1.807, 2.05) is 24.3 Å². The van der Waals surface area contributed by atoms with Gasteiger partial charge in [-0.2, -0.15) is 18.4 Å². The molecule has 0 aromatic heterocycles. The monoisotopic (exact) mass is 410 g/mol. The quantitative estimate of drug-likeness (QED) is 0.394. The number of alkyl halides is 3. The molecule has 2 aromatic carbocycles. The Balaban J connectivity index is 2.05. The van der Waals surface area contributed by atoms with Crippen LogP contribution in [0.1, 0.15) is 56.4 Å². The van der Waals surface area contributed by atoms with Crippen molar-refractivity contribution in [1.82, 2.24) is 0 Å². The molecule has 0 bridgehead atoms. The lowest BCUT2D eigenvalue weighted by atomic mass is 9.87. The highest BCUT2D eigenvalue weighted by atomic mass is 19.4. The maximum absolute atomic E-state index is 13.0. The lowest BCUT2D eigenvalue weighted by Gasteiger charge is -2.43. The third kappa shape index (κ3) is 4.28. The number of anilines is 1. The smallest absolute Gasteiger partial charge is 0.362 e. The lowest BCUT2D eigenvalue weighted by molar-refractivity contribution is -0.137. The van der Waals surface area contributed by atoms with E-state index in [9.17, 15) is 18.4 Å². The molecule has 0 radical (unpaired) electrons. The molecule has 2 nitrogen and oxygen atoms in total. The summed E-state index contributed by atoms with van der Waals surface area (Å²) in [7, 11) is 0. The number of benzene rings is 2. The molecule has 0 spiro atoms. The van der Waals surface area contributed by atoms with Gasteiger partial charge in [-0.25, -0.2) is 0 Å². The summed E-state index contributed by atoms with van der Waals surface area (Å²) in [6.45, 7) is 9.50. The first-order valence-electron chi connectivity index (χ1n) is 9.98. The summed E-state index contributed by atoms with van der Waals surface area (Å²) in [5, 5.41) is 9.59. The molecule has 0 N–H and O–H groups in total. The van der Waals surface area contributed by atoms with Crippen molar-refractivity contribution in [3.8, 4) is 6.07 Å². The van der Waals surface area contributed by atoms with Gasteiger partial charge in [-0.05, 0) is 74.2 Å². The Morgan fingerprint density at radius 3 is 2.53 bits per heavy atom. The van der Waals surface area contributed by atoms with E-state index in [1.165, 1.54) is 12.1 Å². The number of halogens is 3. The number of hydrogen-bond acceptors (Lipinski definition) is 2. The van der Waals surface area contributed by atoms with Crippen molar-refractivity contribution in [2.75, 3.05) is 11.4 Å². The molecule has 0 aliphatic carbocycles. The second kappa shape index (κ2) is 8.02. The molecule has 156 valence electrons. The highest BCUT2D eigenvalue weighted by molar-refractivity contribution is 5.91. The van der Waals surface area contributed by atoms with Gasteiger partial charge in [-0.1, -0.05) is 31.2 Å². The average molecular weight is 410 g/mol. The van der Waals surface area contributed by atoms with Crippen molar-refractivity contribution in [3.63, 3.8) is 0 Å². The van der Waals surface area contributed by atoms with E-state index in [1.54, 1.807) is 6.08 Å². The maximum atomic E-state index is 13.0. The number of fused-ring (bicyclic) bond motifs is 1. The maximum Gasteiger partial charge on any atom is 0.416 e. The molecule has 2 aromatic rings. The Labute approximate surface area is 175 Å². The Bertz CT molecular complexity index is 1050. The highest BCUT2D eigenvalue weighted by Gasteiger charge is 2.31. The van der Waals surface area contributed by atoms with Gasteiger partial charge in [0.1, 0.15) is 0 Å². The largest absolute Gasteiger partial charge is 0.416 e. The number of allylic oxidation sites excluding steroid dienone is 2. The standard InChI is InChI=1S/C25H25F3N2/c1-5-11-30-23-10-9-18(13-22(23)17(2)15-24(30,3)4)12-20(16-29)19-7-6-8-21(14-19)25(26,27)28/h6-10,12-15H,5,11H2,1-4H3/b20-12+. The van der Waals surface area contributed by atoms with Gasteiger partial charge in [0.05, 0.1) is 22.7 Å². The third-order valence-corrected chi connectivity index (χ3v) is 5.38. The molecule has 1 heterocycles. The summed E-state index contributed by atoms with van der Waals surface area (Å²) in [5.41, 5.74) is 3.75. The molecule has 0 atom stereocenters. The number of hydrogen-bond donors (Lipinski definition) is 0. The van der Waals surface area contributed by atoms with Crippen LogP contribution in [0.4, 0.5) is 18.9 Å². The van der Waals surface area contributed by atoms with E-state index in [-0.39, 0.29) is 16.7 Å². The van der Waals surface area contributed by atoms with Crippen LogP contribution < -0.4 is 4.90 Å². The van der Waals surface area contributed by atoms with Gasteiger partial charge in [0.25, 0.3) is 0 Å². The van der Waals surface area contributed by atoms with Crippen molar-refractivity contribution in [1.29, 1.82) is 5.26 Å². The van der Waals surface area contributed by atoms with Gasteiger partial charge in [-0.15, -0.1) is 0 Å². The zero-order valence-electron chi connectivity index (χ0n) is 17.6. The molecule has 30 heavy (non-hydrogen) atoms. The minimum Gasteiger partial charge on any atom is -0.362 e. The predicted octanol–water partition coefficient (Wildman–Crippen LogP) is 7.18. The molecule has 3 rings (SSSR count). The molecule has 1 aliphatic rings. The number of nitriles is 1. The Kier molecular flexibility index (Phi) is 5.81. The molecular weight excluding hydrogens is 385 g/mol. The molecule has 0 saturated heterocycles. The Morgan fingerprint density at radius 1 is 1.17 bits per heavy atom. The van der Waals surface area contributed by atoms with Gasteiger partial charge < -0.3 is 4.90 Å². The fourth-order valence-electron chi connectivity index (χ4n) is 4.03. The zero-order chi connectivity index (χ0) is 22.1. The SMILES string of the molecule is CCCN1c2ccc(/C=C(\C#N)c3cccc(C(F)(F)F)c3)cc2C(C)=CC1(C)C. The molecule has 5 heteroatoms. The second-order valence-electron chi connectivity index (χ2n) is 8.16. The van der Waals surface area contributed by atoms with Crippen LogP contribution in [0.25, 0.3) is 17.2 Å². The predicted molar refractivity (Wildman–Crippen MR) is 117 cm³/mol. The molecule has 0 saturated carbocycles. The number of rotatable bonds is 4. The molecule has 1 aliphatic heterocycles.